The van der Waals surface area contributed by atoms with Crippen LogP contribution >= 0.6 is 0 Å². The number of carbonyl (C=O) groups excluding carboxylic acids is 1. The van der Waals surface area contributed by atoms with Crippen molar-refractivity contribution in [2.45, 2.75) is 43.9 Å². The second kappa shape index (κ2) is 11.2. The van der Waals surface area contributed by atoms with E-state index in [1.165, 1.54) is 0 Å². The molecule has 2 aliphatic heterocycles. The Kier molecular flexibility index (Phi) is 8.68. The summed E-state index contributed by atoms with van der Waals surface area (Å²) in [5, 5.41) is 3.01. The van der Waals surface area contributed by atoms with Gasteiger partial charge in [-0.2, -0.15) is 4.31 Å². The molecule has 30 heavy (non-hydrogen) atoms. The van der Waals surface area contributed by atoms with E-state index in [1.54, 1.807) is 16.4 Å². The molecule has 1 N–H and O–H groups in total. The van der Waals surface area contributed by atoms with Crippen LogP contribution in [0.4, 0.5) is 0 Å². The molecule has 7 nitrogen and oxygen atoms in total. The molecule has 1 unspecified atom stereocenters. The Morgan fingerprint density at radius 3 is 2.63 bits per heavy atom. The minimum atomic E-state index is -3.46. The molecule has 3 rings (SSSR count). The second-order valence-electron chi connectivity index (χ2n) is 8.38. The summed E-state index contributed by atoms with van der Waals surface area (Å²) in [6, 6.07) is 7.02. The number of amides is 1. The number of hydrogen-bond donors (Lipinski definition) is 1. The molecule has 0 bridgehead atoms. The van der Waals surface area contributed by atoms with Gasteiger partial charge in [0.15, 0.2) is 0 Å². The first-order chi connectivity index (χ1) is 14.4. The number of nitrogens with zero attached hydrogens (tertiary/aromatic N) is 2. The number of hydrogen-bond acceptors (Lipinski definition) is 5. The lowest BCUT2D eigenvalue weighted by atomic mass is 9.94. The molecule has 168 valence electrons. The maximum atomic E-state index is 12.9. The highest BCUT2D eigenvalue weighted by atomic mass is 32.2. The highest BCUT2D eigenvalue weighted by Crippen LogP contribution is 2.26. The SMILES string of the molecule is Cc1ccc(S(=O)(=O)N2CCCC(CCC(=O)NCCCN3CCOCC3)C2)cc1. The van der Waals surface area contributed by atoms with Crippen molar-refractivity contribution in [2.75, 3.05) is 52.5 Å². The fraction of sp³-hybridized carbons (Fsp3) is 0.682. The Balaban J connectivity index is 1.38. The third kappa shape index (κ3) is 6.77. The van der Waals surface area contributed by atoms with Crippen LogP contribution in [0, 0.1) is 12.8 Å². The Labute approximate surface area is 180 Å². The van der Waals surface area contributed by atoms with Crippen LogP contribution in [0.1, 0.15) is 37.7 Å². The van der Waals surface area contributed by atoms with Crippen molar-refractivity contribution in [2.24, 2.45) is 5.92 Å². The zero-order chi connectivity index (χ0) is 21.4. The van der Waals surface area contributed by atoms with Gasteiger partial charge in [-0.25, -0.2) is 8.42 Å². The highest BCUT2D eigenvalue weighted by Gasteiger charge is 2.30. The summed E-state index contributed by atoms with van der Waals surface area (Å²) in [6.07, 6.45) is 3.95. The van der Waals surface area contributed by atoms with Crippen molar-refractivity contribution in [3.8, 4) is 0 Å². The number of rotatable bonds is 9. The van der Waals surface area contributed by atoms with Crippen molar-refractivity contribution >= 4 is 15.9 Å². The number of ether oxygens (including phenoxy) is 1. The van der Waals surface area contributed by atoms with Crippen molar-refractivity contribution in [3.05, 3.63) is 29.8 Å². The van der Waals surface area contributed by atoms with Crippen LogP contribution in [0.25, 0.3) is 0 Å². The highest BCUT2D eigenvalue weighted by molar-refractivity contribution is 7.89. The first-order valence-electron chi connectivity index (χ1n) is 11.1. The summed E-state index contributed by atoms with van der Waals surface area (Å²) in [5.41, 5.74) is 1.04. The van der Waals surface area contributed by atoms with Gasteiger partial charge in [0, 0.05) is 39.1 Å². The monoisotopic (exact) mass is 437 g/mol. The molecule has 2 heterocycles. The molecule has 0 aliphatic carbocycles. The molecule has 2 saturated heterocycles. The molecule has 2 fully saturated rings. The summed E-state index contributed by atoms with van der Waals surface area (Å²) in [7, 11) is -3.46. The largest absolute Gasteiger partial charge is 0.379 e. The van der Waals surface area contributed by atoms with Crippen molar-refractivity contribution in [1.82, 2.24) is 14.5 Å². The van der Waals surface area contributed by atoms with Crippen LogP contribution in [0.15, 0.2) is 29.2 Å². The fourth-order valence-electron chi connectivity index (χ4n) is 4.12. The lowest BCUT2D eigenvalue weighted by Crippen LogP contribution is -2.40. The molecule has 1 aromatic rings. The molecular weight excluding hydrogens is 402 g/mol. The topological polar surface area (TPSA) is 79.0 Å². The zero-order valence-electron chi connectivity index (χ0n) is 18.0. The molecule has 0 aromatic heterocycles. The minimum Gasteiger partial charge on any atom is -0.379 e. The van der Waals surface area contributed by atoms with Crippen LogP contribution in [0.3, 0.4) is 0 Å². The summed E-state index contributed by atoms with van der Waals surface area (Å²) in [4.78, 5) is 14.9. The van der Waals surface area contributed by atoms with Gasteiger partial charge in [-0.3, -0.25) is 9.69 Å². The van der Waals surface area contributed by atoms with Gasteiger partial charge in [0.2, 0.25) is 15.9 Å². The maximum absolute atomic E-state index is 12.9. The molecule has 8 heteroatoms. The molecule has 1 amide bonds. The van der Waals surface area contributed by atoms with Gasteiger partial charge in [0.25, 0.3) is 0 Å². The molecule has 0 spiro atoms. The summed E-state index contributed by atoms with van der Waals surface area (Å²) in [6.45, 7) is 8.21. The number of sulfonamides is 1. The number of carbonyl (C=O) groups is 1. The predicted octanol–water partition coefficient (Wildman–Crippen LogP) is 2.01. The fourth-order valence-corrected chi connectivity index (χ4v) is 5.67. The first-order valence-corrected chi connectivity index (χ1v) is 12.5. The average molecular weight is 438 g/mol. The number of nitrogens with one attached hydrogen (secondary N) is 1. The third-order valence-electron chi connectivity index (χ3n) is 6.00. The standard InChI is InChI=1S/C22H35N3O4S/c1-19-5-8-21(9-6-19)30(27,28)25-13-2-4-20(18-25)7-10-22(26)23-11-3-12-24-14-16-29-17-15-24/h5-6,8-9,20H,2-4,7,10-18H2,1H3,(H,23,26). The van der Waals surface area contributed by atoms with Crippen molar-refractivity contribution < 1.29 is 17.9 Å². The normalized spacial score (nSPS) is 21.4. The Morgan fingerprint density at radius 1 is 1.17 bits per heavy atom. The molecule has 0 radical (unpaired) electrons. The van der Waals surface area contributed by atoms with E-state index in [1.807, 2.05) is 19.1 Å². The lowest BCUT2D eigenvalue weighted by Gasteiger charge is -2.32. The summed E-state index contributed by atoms with van der Waals surface area (Å²) in [5.74, 6) is 0.300. The lowest BCUT2D eigenvalue weighted by molar-refractivity contribution is -0.121. The molecule has 0 saturated carbocycles. The van der Waals surface area contributed by atoms with E-state index in [9.17, 15) is 13.2 Å². The van der Waals surface area contributed by atoms with Crippen LogP contribution in [-0.2, 0) is 19.6 Å². The Morgan fingerprint density at radius 2 is 1.90 bits per heavy atom. The van der Waals surface area contributed by atoms with Crippen LogP contribution in [0.5, 0.6) is 0 Å². The Bertz CT molecular complexity index is 776. The van der Waals surface area contributed by atoms with Crippen LogP contribution < -0.4 is 5.32 Å². The first kappa shape index (κ1) is 23.2. The van der Waals surface area contributed by atoms with E-state index < -0.39 is 10.0 Å². The number of aryl methyl sites for hydroxylation is 1. The van der Waals surface area contributed by atoms with E-state index >= 15 is 0 Å². The van der Waals surface area contributed by atoms with Gasteiger partial charge >= 0.3 is 0 Å². The average Bonchev–Trinajstić information content (AvgIpc) is 2.76. The molecular formula is C22H35N3O4S. The van der Waals surface area contributed by atoms with E-state index in [0.29, 0.717) is 31.0 Å². The Hall–Kier alpha value is -1.48. The van der Waals surface area contributed by atoms with Gasteiger partial charge < -0.3 is 10.1 Å². The van der Waals surface area contributed by atoms with Crippen LogP contribution in [0.2, 0.25) is 0 Å². The quantitative estimate of drug-likeness (QED) is 0.598. The van der Waals surface area contributed by atoms with E-state index in [0.717, 1.165) is 64.1 Å². The van der Waals surface area contributed by atoms with Gasteiger partial charge in [0.05, 0.1) is 18.1 Å². The molecule has 2 aliphatic rings. The minimum absolute atomic E-state index is 0.0653. The predicted molar refractivity (Wildman–Crippen MR) is 117 cm³/mol. The molecule has 1 atom stereocenters. The number of benzene rings is 1. The van der Waals surface area contributed by atoms with Gasteiger partial charge in [-0.05, 0) is 57.2 Å². The zero-order valence-corrected chi connectivity index (χ0v) is 18.8. The van der Waals surface area contributed by atoms with E-state index in [4.69, 9.17) is 4.74 Å². The van der Waals surface area contributed by atoms with Gasteiger partial charge in [-0.1, -0.05) is 17.7 Å². The third-order valence-corrected chi connectivity index (χ3v) is 7.88. The number of morpholine rings is 1. The maximum Gasteiger partial charge on any atom is 0.243 e. The summed E-state index contributed by atoms with van der Waals surface area (Å²) >= 11 is 0. The summed E-state index contributed by atoms with van der Waals surface area (Å²) < 4.78 is 32.8. The van der Waals surface area contributed by atoms with Gasteiger partial charge in [0.1, 0.15) is 0 Å². The van der Waals surface area contributed by atoms with Crippen molar-refractivity contribution in [1.29, 1.82) is 0 Å². The van der Waals surface area contributed by atoms with E-state index in [2.05, 4.69) is 10.2 Å². The second-order valence-corrected chi connectivity index (χ2v) is 10.3. The molecule has 1 aromatic carbocycles. The van der Waals surface area contributed by atoms with Gasteiger partial charge in [-0.15, -0.1) is 0 Å². The smallest absolute Gasteiger partial charge is 0.243 e. The van der Waals surface area contributed by atoms with Crippen LogP contribution in [-0.4, -0.2) is 76.0 Å². The number of piperidine rings is 1. The van der Waals surface area contributed by atoms with E-state index in [-0.39, 0.29) is 11.8 Å². The van der Waals surface area contributed by atoms with Crippen molar-refractivity contribution in [3.63, 3.8) is 0 Å².